The molecule has 2 heterocycles. The minimum absolute atomic E-state index is 0.669. The summed E-state index contributed by atoms with van der Waals surface area (Å²) in [6, 6.07) is 4.24. The van der Waals surface area contributed by atoms with Crippen LogP contribution in [0.5, 0.6) is 11.5 Å². The van der Waals surface area contributed by atoms with Gasteiger partial charge in [-0.05, 0) is 25.0 Å². The van der Waals surface area contributed by atoms with Crippen molar-refractivity contribution < 1.29 is 9.47 Å². The van der Waals surface area contributed by atoms with Crippen LogP contribution in [-0.4, -0.2) is 13.2 Å². The molecule has 0 saturated heterocycles. The summed E-state index contributed by atoms with van der Waals surface area (Å²) in [6.07, 6.45) is 10.3. The molecule has 1 aromatic carbocycles. The van der Waals surface area contributed by atoms with E-state index in [1.54, 1.807) is 0 Å². The number of rotatable bonds is 0. The highest BCUT2D eigenvalue weighted by molar-refractivity contribution is 5.49. The first kappa shape index (κ1) is 9.52. The van der Waals surface area contributed by atoms with Gasteiger partial charge in [-0.25, -0.2) is 0 Å². The SMILES string of the molecule is C1=CCc2cc3c(cc2OC1)CC=CCO3. The zero-order valence-corrected chi connectivity index (χ0v) is 9.11. The normalized spacial score (nSPS) is 17.5. The molecule has 16 heavy (non-hydrogen) atoms. The Morgan fingerprint density at radius 2 is 1.19 bits per heavy atom. The van der Waals surface area contributed by atoms with Crippen molar-refractivity contribution in [1.82, 2.24) is 0 Å². The highest BCUT2D eigenvalue weighted by Gasteiger charge is 2.13. The third-order valence-corrected chi connectivity index (χ3v) is 2.92. The van der Waals surface area contributed by atoms with Crippen molar-refractivity contribution in [3.8, 4) is 11.5 Å². The van der Waals surface area contributed by atoms with Gasteiger partial charge in [0.05, 0.1) is 0 Å². The number of benzene rings is 1. The summed E-state index contributed by atoms with van der Waals surface area (Å²) in [5.74, 6) is 2.00. The van der Waals surface area contributed by atoms with Gasteiger partial charge in [-0.2, -0.15) is 0 Å². The molecule has 2 aliphatic heterocycles. The first-order chi connectivity index (χ1) is 7.93. The summed E-state index contributed by atoms with van der Waals surface area (Å²) in [5, 5.41) is 0. The Balaban J connectivity index is 2.04. The fourth-order valence-corrected chi connectivity index (χ4v) is 2.06. The molecule has 3 rings (SSSR count). The quantitative estimate of drug-likeness (QED) is 0.618. The fraction of sp³-hybridized carbons (Fsp3) is 0.286. The van der Waals surface area contributed by atoms with Crippen LogP contribution in [0.3, 0.4) is 0 Å². The van der Waals surface area contributed by atoms with Crippen molar-refractivity contribution in [3.63, 3.8) is 0 Å². The maximum Gasteiger partial charge on any atom is 0.123 e. The van der Waals surface area contributed by atoms with Crippen LogP contribution in [0.15, 0.2) is 36.4 Å². The van der Waals surface area contributed by atoms with Crippen molar-refractivity contribution in [2.24, 2.45) is 0 Å². The Morgan fingerprint density at radius 1 is 0.688 bits per heavy atom. The molecule has 0 fully saturated rings. The Bertz CT molecular complexity index is 414. The van der Waals surface area contributed by atoms with Crippen LogP contribution in [0, 0.1) is 0 Å². The van der Waals surface area contributed by atoms with Gasteiger partial charge in [0.25, 0.3) is 0 Å². The van der Waals surface area contributed by atoms with Crippen LogP contribution in [0.25, 0.3) is 0 Å². The number of hydrogen-bond donors (Lipinski definition) is 0. The topological polar surface area (TPSA) is 18.5 Å². The van der Waals surface area contributed by atoms with Crippen molar-refractivity contribution >= 4 is 0 Å². The van der Waals surface area contributed by atoms with Gasteiger partial charge in [-0.15, -0.1) is 0 Å². The summed E-state index contributed by atoms with van der Waals surface area (Å²) in [6.45, 7) is 1.34. The van der Waals surface area contributed by atoms with Gasteiger partial charge in [0.2, 0.25) is 0 Å². The van der Waals surface area contributed by atoms with Crippen LogP contribution < -0.4 is 9.47 Å². The van der Waals surface area contributed by atoms with E-state index in [1.807, 2.05) is 0 Å². The van der Waals surface area contributed by atoms with Crippen LogP contribution in [0.1, 0.15) is 11.1 Å². The summed E-state index contributed by atoms with van der Waals surface area (Å²) in [4.78, 5) is 0. The van der Waals surface area contributed by atoms with Gasteiger partial charge in [0, 0.05) is 11.1 Å². The first-order valence-corrected chi connectivity index (χ1v) is 5.65. The molecule has 2 nitrogen and oxygen atoms in total. The summed E-state index contributed by atoms with van der Waals surface area (Å²) in [5.41, 5.74) is 2.43. The van der Waals surface area contributed by atoms with Gasteiger partial charge >= 0.3 is 0 Å². The molecule has 0 unspecified atom stereocenters. The van der Waals surface area contributed by atoms with Crippen molar-refractivity contribution in [3.05, 3.63) is 47.6 Å². The molecule has 0 aromatic heterocycles. The lowest BCUT2D eigenvalue weighted by Crippen LogP contribution is -1.99. The first-order valence-electron chi connectivity index (χ1n) is 5.65. The average Bonchev–Trinajstić information content (AvgIpc) is 2.64. The minimum atomic E-state index is 0.669. The molecular weight excluding hydrogens is 200 g/mol. The second-order valence-electron chi connectivity index (χ2n) is 4.04. The predicted molar refractivity (Wildman–Crippen MR) is 63.1 cm³/mol. The third-order valence-electron chi connectivity index (χ3n) is 2.92. The second-order valence-corrected chi connectivity index (χ2v) is 4.04. The minimum Gasteiger partial charge on any atom is -0.489 e. The van der Waals surface area contributed by atoms with E-state index in [4.69, 9.17) is 9.47 Å². The van der Waals surface area contributed by atoms with E-state index in [9.17, 15) is 0 Å². The monoisotopic (exact) mass is 214 g/mol. The van der Waals surface area contributed by atoms with Crippen LogP contribution in [0.4, 0.5) is 0 Å². The van der Waals surface area contributed by atoms with E-state index in [-0.39, 0.29) is 0 Å². The molecule has 1 aromatic rings. The summed E-state index contributed by atoms with van der Waals surface area (Å²) >= 11 is 0. The predicted octanol–water partition coefficient (Wildman–Crippen LogP) is 2.67. The maximum absolute atomic E-state index is 5.69. The number of allylic oxidation sites excluding steroid dienone is 2. The molecule has 0 atom stereocenters. The summed E-state index contributed by atoms with van der Waals surface area (Å²) < 4.78 is 11.4. The highest BCUT2D eigenvalue weighted by Crippen LogP contribution is 2.32. The molecule has 0 bridgehead atoms. The van der Waals surface area contributed by atoms with Gasteiger partial charge < -0.3 is 9.47 Å². The van der Waals surface area contributed by atoms with E-state index in [1.165, 1.54) is 11.1 Å². The summed E-state index contributed by atoms with van der Waals surface area (Å²) in [7, 11) is 0. The Kier molecular flexibility index (Phi) is 2.41. The van der Waals surface area contributed by atoms with Crippen molar-refractivity contribution in [2.75, 3.05) is 13.2 Å². The zero-order chi connectivity index (χ0) is 10.8. The zero-order valence-electron chi connectivity index (χ0n) is 9.11. The molecule has 2 heteroatoms. The molecule has 0 aliphatic carbocycles. The van der Waals surface area contributed by atoms with Crippen LogP contribution in [0.2, 0.25) is 0 Å². The molecule has 0 spiro atoms. The lowest BCUT2D eigenvalue weighted by atomic mass is 10.0. The third kappa shape index (κ3) is 1.71. The molecule has 0 N–H and O–H groups in total. The lowest BCUT2D eigenvalue weighted by molar-refractivity contribution is 0.351. The largest absolute Gasteiger partial charge is 0.489 e. The highest BCUT2D eigenvalue weighted by atomic mass is 16.5. The van der Waals surface area contributed by atoms with Crippen molar-refractivity contribution in [2.45, 2.75) is 12.8 Å². The van der Waals surface area contributed by atoms with E-state index in [0.717, 1.165) is 24.3 Å². The Morgan fingerprint density at radius 3 is 1.69 bits per heavy atom. The average molecular weight is 214 g/mol. The molecule has 2 aliphatic rings. The maximum atomic E-state index is 5.69. The van der Waals surface area contributed by atoms with Crippen molar-refractivity contribution in [1.29, 1.82) is 0 Å². The molecule has 0 saturated carbocycles. The van der Waals surface area contributed by atoms with Gasteiger partial charge in [0.1, 0.15) is 24.7 Å². The lowest BCUT2D eigenvalue weighted by Gasteiger charge is -2.13. The van der Waals surface area contributed by atoms with E-state index in [0.29, 0.717) is 13.2 Å². The molecular formula is C14H14O2. The van der Waals surface area contributed by atoms with Gasteiger partial charge in [-0.3, -0.25) is 0 Å². The van der Waals surface area contributed by atoms with E-state index in [2.05, 4.69) is 36.4 Å². The van der Waals surface area contributed by atoms with Gasteiger partial charge in [-0.1, -0.05) is 24.3 Å². The Hall–Kier alpha value is -1.70. The van der Waals surface area contributed by atoms with E-state index >= 15 is 0 Å². The molecule has 82 valence electrons. The number of fused-ring (bicyclic) bond motifs is 2. The standard InChI is InChI=1S/C14H14O2/c1-3-7-15-13-10-12-6-2-4-8-16-14(12)9-11(13)5-1/h1-4,9-10H,5-8H2. The Labute approximate surface area is 95.2 Å². The molecule has 0 radical (unpaired) electrons. The van der Waals surface area contributed by atoms with Crippen LogP contribution in [-0.2, 0) is 12.8 Å². The fourth-order valence-electron chi connectivity index (χ4n) is 2.06. The van der Waals surface area contributed by atoms with Crippen LogP contribution >= 0.6 is 0 Å². The smallest absolute Gasteiger partial charge is 0.123 e. The second kappa shape index (κ2) is 4.05. The number of hydrogen-bond acceptors (Lipinski definition) is 2. The molecule has 0 amide bonds. The number of ether oxygens (including phenoxy) is 2. The van der Waals surface area contributed by atoms with E-state index < -0.39 is 0 Å². The van der Waals surface area contributed by atoms with Gasteiger partial charge in [0.15, 0.2) is 0 Å².